The molecule has 30 heavy (non-hydrogen) atoms. The SMILES string of the molecule is CCNC(=NCC(=O)N1CCCCC1)NCCCc1ccc(OC)c(OCC)c1.I. The standard InChI is InChI=1S/C22H36N4O3.HI/c1-4-23-22(25-17-21(27)26-14-7-6-8-15-26)24-13-9-10-18-11-12-19(28-3)20(16-18)29-5-2;/h11-12,16H,4-10,13-15,17H2,1-3H3,(H2,23,24,25);1H. The number of rotatable bonds is 10. The number of amides is 1. The number of methoxy groups -OCH3 is 1. The van der Waals surface area contributed by atoms with Gasteiger partial charge in [-0.3, -0.25) is 4.79 Å². The maximum Gasteiger partial charge on any atom is 0.244 e. The van der Waals surface area contributed by atoms with Crippen LogP contribution in [-0.2, 0) is 11.2 Å². The highest BCUT2D eigenvalue weighted by Gasteiger charge is 2.15. The Labute approximate surface area is 198 Å². The van der Waals surface area contributed by atoms with Crippen LogP contribution >= 0.6 is 24.0 Å². The topological polar surface area (TPSA) is 75.2 Å². The molecule has 1 heterocycles. The van der Waals surface area contributed by atoms with Crippen molar-refractivity contribution in [3.05, 3.63) is 23.8 Å². The molecule has 2 N–H and O–H groups in total. The van der Waals surface area contributed by atoms with Gasteiger partial charge in [0.1, 0.15) is 6.54 Å². The molecule has 1 aromatic rings. The van der Waals surface area contributed by atoms with Crippen LogP contribution in [0, 0.1) is 0 Å². The maximum atomic E-state index is 12.3. The second-order valence-electron chi connectivity index (χ2n) is 7.09. The van der Waals surface area contributed by atoms with E-state index >= 15 is 0 Å². The number of aliphatic imine (C=N–C) groups is 1. The van der Waals surface area contributed by atoms with E-state index < -0.39 is 0 Å². The Morgan fingerprint density at radius 3 is 2.57 bits per heavy atom. The number of aryl methyl sites for hydroxylation is 1. The number of guanidine groups is 1. The zero-order chi connectivity index (χ0) is 20.9. The number of carbonyl (C=O) groups excluding carboxylic acids is 1. The fourth-order valence-corrected chi connectivity index (χ4v) is 3.38. The second kappa shape index (κ2) is 15.1. The summed E-state index contributed by atoms with van der Waals surface area (Å²) in [6.45, 7) is 8.07. The summed E-state index contributed by atoms with van der Waals surface area (Å²) in [5.41, 5.74) is 1.21. The van der Waals surface area contributed by atoms with Gasteiger partial charge in [-0.2, -0.15) is 0 Å². The third-order valence-electron chi connectivity index (χ3n) is 4.89. The molecular weight excluding hydrogens is 495 g/mol. The number of carbonyl (C=O) groups is 1. The van der Waals surface area contributed by atoms with Gasteiger partial charge in [0, 0.05) is 26.2 Å². The molecule has 0 spiro atoms. The third-order valence-corrected chi connectivity index (χ3v) is 4.89. The summed E-state index contributed by atoms with van der Waals surface area (Å²) in [5.74, 6) is 2.35. The predicted octanol–water partition coefficient (Wildman–Crippen LogP) is 3.21. The van der Waals surface area contributed by atoms with Gasteiger partial charge in [0.15, 0.2) is 17.5 Å². The first-order valence-electron chi connectivity index (χ1n) is 10.8. The van der Waals surface area contributed by atoms with E-state index in [2.05, 4.69) is 21.7 Å². The first kappa shape index (κ1) is 26.3. The zero-order valence-corrected chi connectivity index (χ0v) is 20.9. The number of hydrogen-bond donors (Lipinski definition) is 2. The van der Waals surface area contributed by atoms with E-state index in [-0.39, 0.29) is 36.4 Å². The highest BCUT2D eigenvalue weighted by Crippen LogP contribution is 2.28. The van der Waals surface area contributed by atoms with Gasteiger partial charge in [0.2, 0.25) is 5.91 Å². The average molecular weight is 532 g/mol. The molecule has 0 saturated carbocycles. The van der Waals surface area contributed by atoms with Crippen LogP contribution in [0.15, 0.2) is 23.2 Å². The molecule has 0 unspecified atom stereocenters. The fourth-order valence-electron chi connectivity index (χ4n) is 3.38. The van der Waals surface area contributed by atoms with Gasteiger partial charge in [0.25, 0.3) is 0 Å². The summed E-state index contributed by atoms with van der Waals surface area (Å²) in [6, 6.07) is 6.06. The molecule has 0 atom stereocenters. The number of halogens is 1. The number of piperidine rings is 1. The second-order valence-corrected chi connectivity index (χ2v) is 7.09. The van der Waals surface area contributed by atoms with E-state index in [9.17, 15) is 4.79 Å². The Morgan fingerprint density at radius 1 is 1.13 bits per heavy atom. The summed E-state index contributed by atoms with van der Waals surface area (Å²) >= 11 is 0. The van der Waals surface area contributed by atoms with Crippen molar-refractivity contribution in [1.82, 2.24) is 15.5 Å². The van der Waals surface area contributed by atoms with Crippen molar-refractivity contribution < 1.29 is 14.3 Å². The predicted molar refractivity (Wildman–Crippen MR) is 132 cm³/mol. The van der Waals surface area contributed by atoms with Gasteiger partial charge < -0.3 is 25.0 Å². The molecular formula is C22H37IN4O3. The highest BCUT2D eigenvalue weighted by atomic mass is 127. The largest absolute Gasteiger partial charge is 0.493 e. The van der Waals surface area contributed by atoms with Crippen LogP contribution in [0.1, 0.15) is 45.1 Å². The van der Waals surface area contributed by atoms with Crippen LogP contribution in [0.2, 0.25) is 0 Å². The lowest BCUT2D eigenvalue weighted by Crippen LogP contribution is -2.40. The molecule has 2 rings (SSSR count). The number of likely N-dealkylation sites (tertiary alicyclic amines) is 1. The van der Waals surface area contributed by atoms with Crippen molar-refractivity contribution >= 4 is 35.8 Å². The van der Waals surface area contributed by atoms with Gasteiger partial charge in [-0.25, -0.2) is 4.99 Å². The lowest BCUT2D eigenvalue weighted by Gasteiger charge is -2.26. The van der Waals surface area contributed by atoms with Crippen molar-refractivity contribution in [3.63, 3.8) is 0 Å². The molecule has 0 aromatic heterocycles. The minimum Gasteiger partial charge on any atom is -0.493 e. The summed E-state index contributed by atoms with van der Waals surface area (Å²) < 4.78 is 11.0. The summed E-state index contributed by atoms with van der Waals surface area (Å²) in [4.78, 5) is 18.7. The molecule has 1 aromatic carbocycles. The van der Waals surface area contributed by atoms with Crippen LogP contribution in [0.25, 0.3) is 0 Å². The molecule has 0 aliphatic carbocycles. The Hall–Kier alpha value is -1.71. The van der Waals surface area contributed by atoms with Crippen LogP contribution in [0.3, 0.4) is 0 Å². The number of benzene rings is 1. The quantitative estimate of drug-likeness (QED) is 0.210. The lowest BCUT2D eigenvalue weighted by atomic mass is 10.1. The average Bonchev–Trinajstić information content (AvgIpc) is 2.75. The first-order chi connectivity index (χ1) is 14.2. The van der Waals surface area contributed by atoms with Gasteiger partial charge in [0.05, 0.1) is 13.7 Å². The van der Waals surface area contributed by atoms with Gasteiger partial charge >= 0.3 is 0 Å². The molecule has 1 aliphatic heterocycles. The number of nitrogens with zero attached hydrogens (tertiary/aromatic N) is 2. The van der Waals surface area contributed by atoms with Crippen LogP contribution in [-0.4, -0.2) is 63.2 Å². The van der Waals surface area contributed by atoms with Crippen molar-refractivity contribution in [2.24, 2.45) is 4.99 Å². The molecule has 0 radical (unpaired) electrons. The normalized spacial score (nSPS) is 14.0. The Balaban J connectivity index is 0.00000450. The Kier molecular flexibility index (Phi) is 13.3. The molecule has 7 nitrogen and oxygen atoms in total. The van der Waals surface area contributed by atoms with Crippen molar-refractivity contribution in [2.75, 3.05) is 46.4 Å². The molecule has 0 bridgehead atoms. The van der Waals surface area contributed by atoms with E-state index in [1.54, 1.807) is 7.11 Å². The van der Waals surface area contributed by atoms with Crippen molar-refractivity contribution in [2.45, 2.75) is 46.0 Å². The minimum atomic E-state index is 0. The smallest absolute Gasteiger partial charge is 0.244 e. The lowest BCUT2D eigenvalue weighted by molar-refractivity contribution is -0.130. The van der Waals surface area contributed by atoms with E-state index in [0.29, 0.717) is 12.6 Å². The monoisotopic (exact) mass is 532 g/mol. The maximum absolute atomic E-state index is 12.3. The van der Waals surface area contributed by atoms with Crippen molar-refractivity contribution in [3.8, 4) is 11.5 Å². The number of nitrogens with one attached hydrogen (secondary N) is 2. The molecule has 8 heteroatoms. The summed E-state index contributed by atoms with van der Waals surface area (Å²) in [6.07, 6.45) is 5.29. The molecule has 1 saturated heterocycles. The summed E-state index contributed by atoms with van der Waals surface area (Å²) in [5, 5.41) is 6.54. The first-order valence-corrected chi connectivity index (χ1v) is 10.8. The van der Waals surface area contributed by atoms with Crippen LogP contribution < -0.4 is 20.1 Å². The van der Waals surface area contributed by atoms with Gasteiger partial charge in [-0.05, 0) is 63.6 Å². The summed E-state index contributed by atoms with van der Waals surface area (Å²) in [7, 11) is 1.65. The van der Waals surface area contributed by atoms with Crippen LogP contribution in [0.5, 0.6) is 11.5 Å². The van der Waals surface area contributed by atoms with E-state index in [1.165, 1.54) is 12.0 Å². The van der Waals surface area contributed by atoms with Gasteiger partial charge in [-0.1, -0.05) is 6.07 Å². The molecule has 1 fully saturated rings. The Bertz CT molecular complexity index is 664. The van der Waals surface area contributed by atoms with Gasteiger partial charge in [-0.15, -0.1) is 24.0 Å². The van der Waals surface area contributed by atoms with E-state index in [4.69, 9.17) is 9.47 Å². The molecule has 1 aliphatic rings. The zero-order valence-electron chi connectivity index (χ0n) is 18.5. The molecule has 170 valence electrons. The van der Waals surface area contributed by atoms with E-state index in [1.807, 2.05) is 30.9 Å². The van der Waals surface area contributed by atoms with Crippen LogP contribution in [0.4, 0.5) is 0 Å². The fraction of sp³-hybridized carbons (Fsp3) is 0.636. The third kappa shape index (κ3) is 8.97. The number of ether oxygens (including phenoxy) is 2. The van der Waals surface area contributed by atoms with Crippen molar-refractivity contribution in [1.29, 1.82) is 0 Å². The number of hydrogen-bond acceptors (Lipinski definition) is 4. The highest BCUT2D eigenvalue weighted by molar-refractivity contribution is 14.0. The Morgan fingerprint density at radius 2 is 1.90 bits per heavy atom. The minimum absolute atomic E-state index is 0. The van der Waals surface area contributed by atoms with E-state index in [0.717, 1.165) is 63.4 Å². The molecule has 1 amide bonds.